The Morgan fingerprint density at radius 2 is 2.32 bits per heavy atom. The van der Waals surface area contributed by atoms with E-state index in [-0.39, 0.29) is 17.8 Å². The minimum absolute atomic E-state index is 0.0223. The summed E-state index contributed by atoms with van der Waals surface area (Å²) in [5.74, 6) is -0.286. The Labute approximate surface area is 114 Å². The van der Waals surface area contributed by atoms with Crippen molar-refractivity contribution in [3.63, 3.8) is 0 Å². The number of aliphatic hydroxyl groups excluding tert-OH is 1. The summed E-state index contributed by atoms with van der Waals surface area (Å²) in [6, 6.07) is 4.03. The highest BCUT2D eigenvalue weighted by molar-refractivity contribution is 5.69. The molecule has 0 aliphatic heterocycles. The normalized spacial score (nSPS) is 13.3. The third-order valence-electron chi connectivity index (χ3n) is 3.18. The second-order valence-corrected chi connectivity index (χ2v) is 5.37. The highest BCUT2D eigenvalue weighted by Crippen LogP contribution is 2.19. The predicted octanol–water partition coefficient (Wildman–Crippen LogP) is 1.20. The lowest BCUT2D eigenvalue weighted by atomic mass is 9.89. The number of aliphatic hydroxyl groups is 1. The van der Waals surface area contributed by atoms with E-state index in [1.165, 1.54) is 7.11 Å². The van der Waals surface area contributed by atoms with Crippen LogP contribution in [0.1, 0.15) is 32.4 Å². The summed E-state index contributed by atoms with van der Waals surface area (Å²) in [7, 11) is 1.35. The highest BCUT2D eigenvalue weighted by atomic mass is 16.5. The molecule has 19 heavy (non-hydrogen) atoms. The van der Waals surface area contributed by atoms with E-state index >= 15 is 0 Å². The first kappa shape index (κ1) is 15.7. The van der Waals surface area contributed by atoms with Crippen LogP contribution in [0.15, 0.2) is 18.3 Å². The van der Waals surface area contributed by atoms with Gasteiger partial charge in [-0.05, 0) is 18.6 Å². The van der Waals surface area contributed by atoms with E-state index in [9.17, 15) is 9.90 Å². The average Bonchev–Trinajstić information content (AvgIpc) is 2.90. The van der Waals surface area contributed by atoms with Crippen LogP contribution in [0.25, 0.3) is 0 Å². The number of aromatic nitrogens is 1. The van der Waals surface area contributed by atoms with Gasteiger partial charge < -0.3 is 20.1 Å². The van der Waals surface area contributed by atoms with E-state index in [1.54, 1.807) is 0 Å². The van der Waals surface area contributed by atoms with Crippen LogP contribution in [0, 0.1) is 0 Å². The van der Waals surface area contributed by atoms with Crippen molar-refractivity contribution in [1.29, 1.82) is 0 Å². The van der Waals surface area contributed by atoms with Gasteiger partial charge in [0.25, 0.3) is 0 Å². The lowest BCUT2D eigenvalue weighted by molar-refractivity contribution is -0.141. The number of hydrogen-bond acceptors (Lipinski definition) is 4. The van der Waals surface area contributed by atoms with Crippen molar-refractivity contribution in [3.8, 4) is 0 Å². The molecule has 0 bridgehead atoms. The van der Waals surface area contributed by atoms with Crippen molar-refractivity contribution < 1.29 is 14.6 Å². The first-order chi connectivity index (χ1) is 8.95. The summed E-state index contributed by atoms with van der Waals surface area (Å²) in [4.78, 5) is 14.1. The summed E-state index contributed by atoms with van der Waals surface area (Å²) < 4.78 is 4.53. The summed E-state index contributed by atoms with van der Waals surface area (Å²) in [5.41, 5.74) is 1.13. The lowest BCUT2D eigenvalue weighted by Crippen LogP contribution is -2.37. The summed E-state index contributed by atoms with van der Waals surface area (Å²) in [6.45, 7) is 5.49. The van der Waals surface area contributed by atoms with Crippen molar-refractivity contribution in [3.05, 3.63) is 24.0 Å². The predicted molar refractivity (Wildman–Crippen MR) is 73.9 cm³/mol. The van der Waals surface area contributed by atoms with Crippen LogP contribution in [0.3, 0.4) is 0 Å². The first-order valence-corrected chi connectivity index (χ1v) is 6.55. The average molecular weight is 268 g/mol. The van der Waals surface area contributed by atoms with E-state index < -0.39 is 6.10 Å². The van der Waals surface area contributed by atoms with Gasteiger partial charge in [-0.2, -0.15) is 0 Å². The number of rotatable bonds is 8. The third-order valence-corrected chi connectivity index (χ3v) is 3.18. The quantitative estimate of drug-likeness (QED) is 0.619. The Morgan fingerprint density at radius 1 is 1.58 bits per heavy atom. The molecule has 5 nitrogen and oxygen atoms in total. The molecule has 0 saturated heterocycles. The largest absolute Gasteiger partial charge is 0.469 e. The maximum Gasteiger partial charge on any atom is 0.305 e. The Balaban J connectivity index is 2.24. The lowest BCUT2D eigenvalue weighted by Gasteiger charge is -2.24. The molecule has 1 aromatic rings. The van der Waals surface area contributed by atoms with Gasteiger partial charge in [-0.25, -0.2) is 0 Å². The standard InChI is InChI=1S/C14H24N2O3/c1-14(2,12-5-4-8-16-12)10-15-9-11(17)6-7-13(18)19-3/h4-5,8,11,15-17H,6-7,9-10H2,1-3H3. The number of esters is 1. The smallest absolute Gasteiger partial charge is 0.305 e. The topological polar surface area (TPSA) is 74.3 Å². The number of H-pyrrole nitrogens is 1. The van der Waals surface area contributed by atoms with E-state index in [4.69, 9.17) is 0 Å². The fraction of sp³-hybridized carbons (Fsp3) is 0.643. The number of ether oxygens (including phenoxy) is 1. The minimum Gasteiger partial charge on any atom is -0.469 e. The molecule has 0 radical (unpaired) electrons. The molecule has 0 fully saturated rings. The molecule has 0 aliphatic rings. The molecule has 0 saturated carbocycles. The van der Waals surface area contributed by atoms with Crippen LogP contribution in [-0.2, 0) is 14.9 Å². The van der Waals surface area contributed by atoms with E-state index in [0.29, 0.717) is 13.0 Å². The number of aromatic amines is 1. The SMILES string of the molecule is COC(=O)CCC(O)CNCC(C)(C)c1ccc[nH]1. The van der Waals surface area contributed by atoms with Crippen LogP contribution in [0.2, 0.25) is 0 Å². The second-order valence-electron chi connectivity index (χ2n) is 5.37. The summed E-state index contributed by atoms with van der Waals surface area (Å²) >= 11 is 0. The number of methoxy groups -OCH3 is 1. The maximum absolute atomic E-state index is 10.9. The fourth-order valence-corrected chi connectivity index (χ4v) is 1.89. The first-order valence-electron chi connectivity index (χ1n) is 6.55. The molecule has 1 aromatic heterocycles. The summed E-state index contributed by atoms with van der Waals surface area (Å²) in [6.07, 6.45) is 2.04. The Bertz CT molecular complexity index is 374. The van der Waals surface area contributed by atoms with Gasteiger partial charge in [0.2, 0.25) is 0 Å². The van der Waals surface area contributed by atoms with Crippen molar-refractivity contribution >= 4 is 5.97 Å². The molecule has 108 valence electrons. The zero-order valence-corrected chi connectivity index (χ0v) is 11.9. The zero-order chi connectivity index (χ0) is 14.3. The molecular formula is C14H24N2O3. The van der Waals surface area contributed by atoms with E-state index in [0.717, 1.165) is 12.2 Å². The van der Waals surface area contributed by atoms with E-state index in [1.807, 2.05) is 12.3 Å². The van der Waals surface area contributed by atoms with Crippen LogP contribution in [0.5, 0.6) is 0 Å². The minimum atomic E-state index is -0.529. The molecule has 1 atom stereocenters. The number of carbonyl (C=O) groups excluding carboxylic acids is 1. The van der Waals surface area contributed by atoms with Crippen LogP contribution >= 0.6 is 0 Å². The van der Waals surface area contributed by atoms with Gasteiger partial charge in [-0.3, -0.25) is 4.79 Å². The molecular weight excluding hydrogens is 244 g/mol. The molecule has 1 unspecified atom stereocenters. The van der Waals surface area contributed by atoms with Gasteiger partial charge in [0.05, 0.1) is 13.2 Å². The maximum atomic E-state index is 10.9. The van der Waals surface area contributed by atoms with Crippen molar-refractivity contribution in [2.24, 2.45) is 0 Å². The molecule has 1 heterocycles. The summed E-state index contributed by atoms with van der Waals surface area (Å²) in [5, 5.41) is 13.0. The van der Waals surface area contributed by atoms with Crippen LogP contribution in [0.4, 0.5) is 0 Å². The van der Waals surface area contributed by atoms with Gasteiger partial charge in [-0.1, -0.05) is 13.8 Å². The van der Waals surface area contributed by atoms with Gasteiger partial charge in [-0.15, -0.1) is 0 Å². The molecule has 5 heteroatoms. The van der Waals surface area contributed by atoms with Crippen LogP contribution < -0.4 is 5.32 Å². The van der Waals surface area contributed by atoms with Crippen molar-refractivity contribution in [1.82, 2.24) is 10.3 Å². The van der Waals surface area contributed by atoms with E-state index in [2.05, 4.69) is 35.0 Å². The Kier molecular flexibility index (Phi) is 6.05. The molecule has 0 aromatic carbocycles. The van der Waals surface area contributed by atoms with Crippen molar-refractivity contribution in [2.75, 3.05) is 20.2 Å². The highest BCUT2D eigenvalue weighted by Gasteiger charge is 2.21. The molecule has 0 aliphatic carbocycles. The molecule has 0 amide bonds. The molecule has 1 rings (SSSR count). The molecule has 3 N–H and O–H groups in total. The van der Waals surface area contributed by atoms with Gasteiger partial charge in [0.1, 0.15) is 0 Å². The Morgan fingerprint density at radius 3 is 2.89 bits per heavy atom. The monoisotopic (exact) mass is 268 g/mol. The molecule has 0 spiro atoms. The number of carbonyl (C=O) groups is 1. The van der Waals surface area contributed by atoms with Gasteiger partial charge in [0, 0.05) is 36.8 Å². The van der Waals surface area contributed by atoms with Gasteiger partial charge in [0.15, 0.2) is 0 Å². The second kappa shape index (κ2) is 7.31. The number of hydrogen-bond donors (Lipinski definition) is 3. The fourth-order valence-electron chi connectivity index (χ4n) is 1.89. The third kappa shape index (κ3) is 5.44. The zero-order valence-electron chi connectivity index (χ0n) is 11.9. The number of nitrogens with one attached hydrogen (secondary N) is 2. The van der Waals surface area contributed by atoms with Gasteiger partial charge >= 0.3 is 5.97 Å². The van der Waals surface area contributed by atoms with Crippen molar-refractivity contribution in [2.45, 2.75) is 38.2 Å². The van der Waals surface area contributed by atoms with Crippen LogP contribution in [-0.4, -0.2) is 42.4 Å². The Hall–Kier alpha value is -1.33.